The molecule has 1 aromatic carbocycles. The summed E-state index contributed by atoms with van der Waals surface area (Å²) >= 11 is 3.48. The van der Waals surface area contributed by atoms with Gasteiger partial charge in [-0.3, -0.25) is 4.79 Å². The lowest BCUT2D eigenvalue weighted by Crippen LogP contribution is -2.34. The average molecular weight is 327 g/mol. The summed E-state index contributed by atoms with van der Waals surface area (Å²) in [5, 5.41) is 9.62. The van der Waals surface area contributed by atoms with Crippen molar-refractivity contribution in [1.82, 2.24) is 4.90 Å². The number of aliphatic hydroxyl groups excluding tert-OH is 1. The van der Waals surface area contributed by atoms with Gasteiger partial charge in [0, 0.05) is 30.3 Å². The fourth-order valence-corrected chi connectivity index (χ4v) is 2.96. The molecule has 0 spiro atoms. The molecule has 1 aromatic rings. The highest BCUT2D eigenvalue weighted by atomic mass is 79.9. The maximum absolute atomic E-state index is 11.9. The van der Waals surface area contributed by atoms with E-state index in [-0.39, 0.29) is 5.91 Å². The second-order valence-electron chi connectivity index (χ2n) is 4.97. The number of aliphatic hydroxyl groups is 1. The molecule has 104 valence electrons. The van der Waals surface area contributed by atoms with Crippen LogP contribution < -0.4 is 4.90 Å². The van der Waals surface area contributed by atoms with Gasteiger partial charge in [-0.05, 0) is 31.0 Å². The van der Waals surface area contributed by atoms with Crippen molar-refractivity contribution in [3.8, 4) is 0 Å². The number of anilines is 1. The van der Waals surface area contributed by atoms with Crippen LogP contribution in [0.5, 0.6) is 0 Å². The Hall–Kier alpha value is -1.07. The standard InChI is InChI=1S/C14H19BrN2O2/c1-10(18)12-5-4-11(8-13(12)15)17-7-3-6-16(2)14(19)9-17/h4-5,8,10,18H,3,6-7,9H2,1-2H3. The Bertz CT molecular complexity index is 477. The van der Waals surface area contributed by atoms with Crippen molar-refractivity contribution in [1.29, 1.82) is 0 Å². The Labute approximate surface area is 122 Å². The second kappa shape index (κ2) is 5.92. The summed E-state index contributed by atoms with van der Waals surface area (Å²) in [6, 6.07) is 5.84. The Balaban J connectivity index is 2.22. The van der Waals surface area contributed by atoms with Crippen LogP contribution in [0.2, 0.25) is 0 Å². The van der Waals surface area contributed by atoms with Crippen LogP contribution in [0, 0.1) is 0 Å². The minimum atomic E-state index is -0.500. The van der Waals surface area contributed by atoms with E-state index in [2.05, 4.69) is 20.8 Å². The van der Waals surface area contributed by atoms with Crippen molar-refractivity contribution in [3.63, 3.8) is 0 Å². The van der Waals surface area contributed by atoms with Crippen molar-refractivity contribution in [2.75, 3.05) is 31.6 Å². The summed E-state index contributed by atoms with van der Waals surface area (Å²) in [4.78, 5) is 15.8. The molecule has 1 fully saturated rings. The molecule has 1 unspecified atom stereocenters. The van der Waals surface area contributed by atoms with Crippen molar-refractivity contribution in [2.24, 2.45) is 0 Å². The molecular formula is C14H19BrN2O2. The molecule has 2 rings (SSSR count). The minimum absolute atomic E-state index is 0.147. The number of nitrogens with zero attached hydrogens (tertiary/aromatic N) is 2. The van der Waals surface area contributed by atoms with Gasteiger partial charge >= 0.3 is 0 Å². The Kier molecular flexibility index (Phi) is 4.47. The normalized spacial score (nSPS) is 18.4. The summed E-state index contributed by atoms with van der Waals surface area (Å²) in [6.45, 7) is 3.83. The van der Waals surface area contributed by atoms with Crippen LogP contribution >= 0.6 is 15.9 Å². The highest BCUT2D eigenvalue weighted by Crippen LogP contribution is 2.28. The smallest absolute Gasteiger partial charge is 0.241 e. The molecule has 1 heterocycles. The summed E-state index contributed by atoms with van der Waals surface area (Å²) in [6.07, 6.45) is 0.471. The number of halogens is 1. The van der Waals surface area contributed by atoms with Crippen molar-refractivity contribution >= 4 is 27.5 Å². The molecule has 0 bridgehead atoms. The Morgan fingerprint density at radius 1 is 1.37 bits per heavy atom. The van der Waals surface area contributed by atoms with E-state index in [0.29, 0.717) is 6.54 Å². The van der Waals surface area contributed by atoms with Crippen LogP contribution in [0.1, 0.15) is 25.0 Å². The van der Waals surface area contributed by atoms with E-state index in [0.717, 1.165) is 35.2 Å². The molecule has 1 saturated heterocycles. The van der Waals surface area contributed by atoms with Gasteiger partial charge in [-0.2, -0.15) is 0 Å². The first-order valence-electron chi connectivity index (χ1n) is 6.45. The zero-order valence-corrected chi connectivity index (χ0v) is 12.9. The molecule has 0 aliphatic carbocycles. The van der Waals surface area contributed by atoms with Gasteiger partial charge in [-0.1, -0.05) is 22.0 Å². The third kappa shape index (κ3) is 3.28. The number of benzene rings is 1. The van der Waals surface area contributed by atoms with Gasteiger partial charge < -0.3 is 14.9 Å². The third-order valence-electron chi connectivity index (χ3n) is 3.47. The van der Waals surface area contributed by atoms with Crippen LogP contribution in [0.15, 0.2) is 22.7 Å². The van der Waals surface area contributed by atoms with Gasteiger partial charge in [-0.25, -0.2) is 0 Å². The number of rotatable bonds is 2. The highest BCUT2D eigenvalue weighted by Gasteiger charge is 2.19. The molecule has 0 aromatic heterocycles. The monoisotopic (exact) mass is 326 g/mol. The van der Waals surface area contributed by atoms with Crippen LogP contribution in [-0.4, -0.2) is 42.6 Å². The zero-order chi connectivity index (χ0) is 14.0. The van der Waals surface area contributed by atoms with E-state index in [4.69, 9.17) is 0 Å². The lowest BCUT2D eigenvalue weighted by atomic mass is 10.1. The van der Waals surface area contributed by atoms with Gasteiger partial charge in [0.15, 0.2) is 0 Å². The van der Waals surface area contributed by atoms with E-state index in [1.807, 2.05) is 25.2 Å². The predicted molar refractivity (Wildman–Crippen MR) is 79.2 cm³/mol. The summed E-state index contributed by atoms with van der Waals surface area (Å²) < 4.78 is 0.880. The Morgan fingerprint density at radius 2 is 2.11 bits per heavy atom. The lowest BCUT2D eigenvalue weighted by molar-refractivity contribution is -0.127. The zero-order valence-electron chi connectivity index (χ0n) is 11.3. The first-order valence-corrected chi connectivity index (χ1v) is 7.25. The maximum Gasteiger partial charge on any atom is 0.241 e. The van der Waals surface area contributed by atoms with E-state index in [1.54, 1.807) is 11.8 Å². The molecule has 1 amide bonds. The molecule has 19 heavy (non-hydrogen) atoms. The minimum Gasteiger partial charge on any atom is -0.389 e. The summed E-state index contributed by atoms with van der Waals surface area (Å²) in [5.41, 5.74) is 1.88. The molecular weight excluding hydrogens is 308 g/mol. The first kappa shape index (κ1) is 14.3. The quantitative estimate of drug-likeness (QED) is 0.905. The van der Waals surface area contributed by atoms with E-state index >= 15 is 0 Å². The van der Waals surface area contributed by atoms with Gasteiger partial charge in [0.1, 0.15) is 0 Å². The Morgan fingerprint density at radius 3 is 2.74 bits per heavy atom. The number of amides is 1. The largest absolute Gasteiger partial charge is 0.389 e. The number of carbonyl (C=O) groups is 1. The number of hydrogen-bond acceptors (Lipinski definition) is 3. The van der Waals surface area contributed by atoms with E-state index in [9.17, 15) is 9.90 Å². The molecule has 0 saturated carbocycles. The van der Waals surface area contributed by atoms with Gasteiger partial charge in [-0.15, -0.1) is 0 Å². The topological polar surface area (TPSA) is 43.8 Å². The lowest BCUT2D eigenvalue weighted by Gasteiger charge is -2.23. The van der Waals surface area contributed by atoms with Crippen LogP contribution in [-0.2, 0) is 4.79 Å². The van der Waals surface area contributed by atoms with Crippen molar-refractivity contribution in [2.45, 2.75) is 19.4 Å². The van der Waals surface area contributed by atoms with Crippen molar-refractivity contribution in [3.05, 3.63) is 28.2 Å². The average Bonchev–Trinajstić information content (AvgIpc) is 2.51. The fraction of sp³-hybridized carbons (Fsp3) is 0.500. The molecule has 5 heteroatoms. The fourth-order valence-electron chi connectivity index (χ4n) is 2.26. The predicted octanol–water partition coefficient (Wildman–Crippen LogP) is 2.17. The highest BCUT2D eigenvalue weighted by molar-refractivity contribution is 9.10. The maximum atomic E-state index is 11.9. The summed E-state index contributed by atoms with van der Waals surface area (Å²) in [5.74, 6) is 0.147. The van der Waals surface area contributed by atoms with Crippen LogP contribution in [0.25, 0.3) is 0 Å². The number of hydrogen-bond donors (Lipinski definition) is 1. The first-order chi connectivity index (χ1) is 8.99. The van der Waals surface area contributed by atoms with Crippen molar-refractivity contribution < 1.29 is 9.90 Å². The number of likely N-dealkylation sites (N-methyl/N-ethyl adjacent to an activating group) is 1. The molecule has 4 nitrogen and oxygen atoms in total. The second-order valence-corrected chi connectivity index (χ2v) is 5.83. The third-order valence-corrected chi connectivity index (χ3v) is 4.16. The molecule has 1 aliphatic rings. The van der Waals surface area contributed by atoms with Gasteiger partial charge in [0.05, 0.1) is 12.6 Å². The van der Waals surface area contributed by atoms with Gasteiger partial charge in [0.25, 0.3) is 0 Å². The van der Waals surface area contributed by atoms with E-state index < -0.39 is 6.10 Å². The SMILES string of the molecule is CC(O)c1ccc(N2CCCN(C)C(=O)C2)cc1Br. The molecule has 0 radical (unpaired) electrons. The van der Waals surface area contributed by atoms with Crippen LogP contribution in [0.4, 0.5) is 5.69 Å². The number of carbonyl (C=O) groups excluding carboxylic acids is 1. The molecule has 1 aliphatic heterocycles. The molecule has 1 N–H and O–H groups in total. The van der Waals surface area contributed by atoms with Crippen LogP contribution in [0.3, 0.4) is 0 Å². The molecule has 1 atom stereocenters. The van der Waals surface area contributed by atoms with E-state index in [1.165, 1.54) is 0 Å². The summed E-state index contributed by atoms with van der Waals surface area (Å²) in [7, 11) is 1.85. The van der Waals surface area contributed by atoms with Gasteiger partial charge in [0.2, 0.25) is 5.91 Å².